The quantitative estimate of drug-likeness (QED) is 0.449. The summed E-state index contributed by atoms with van der Waals surface area (Å²) in [4.78, 5) is 7.22. The van der Waals surface area contributed by atoms with Crippen molar-refractivity contribution in [2.75, 3.05) is 60.4 Å². The first-order chi connectivity index (χ1) is 15.9. The number of likely N-dealkylation sites (tertiary alicyclic amines) is 2. The lowest BCUT2D eigenvalue weighted by Gasteiger charge is -2.54. The first-order valence-corrected chi connectivity index (χ1v) is 15.0. The van der Waals surface area contributed by atoms with E-state index in [4.69, 9.17) is 0 Å². The van der Waals surface area contributed by atoms with Gasteiger partial charge in [0, 0.05) is 26.2 Å². The van der Waals surface area contributed by atoms with Crippen LogP contribution < -0.4 is 0 Å². The first kappa shape index (κ1) is 27.5. The smallest absolute Gasteiger partial charge is 0.00474 e. The van der Waals surface area contributed by atoms with Crippen molar-refractivity contribution >= 4 is 0 Å². The average molecular weight is 462 g/mol. The normalized spacial score (nSPS) is 34.4. The zero-order valence-electron chi connectivity index (χ0n) is 23.3. The molecule has 3 heteroatoms. The van der Waals surface area contributed by atoms with Gasteiger partial charge in [0.2, 0.25) is 0 Å². The molecule has 0 aromatic rings. The molecule has 194 valence electrons. The maximum Gasteiger partial charge on any atom is 0.00474 e. The Morgan fingerprint density at radius 2 is 1.09 bits per heavy atom. The van der Waals surface area contributed by atoms with Crippen LogP contribution in [0.4, 0.5) is 0 Å². The van der Waals surface area contributed by atoms with E-state index in [1.807, 2.05) is 0 Å². The van der Waals surface area contributed by atoms with Crippen LogP contribution in [0, 0.1) is 29.1 Å². The van der Waals surface area contributed by atoms with Gasteiger partial charge < -0.3 is 14.7 Å². The van der Waals surface area contributed by atoms with Crippen molar-refractivity contribution in [3.63, 3.8) is 0 Å². The summed E-state index contributed by atoms with van der Waals surface area (Å²) < 4.78 is 0. The van der Waals surface area contributed by atoms with Gasteiger partial charge in [-0.25, -0.2) is 0 Å². The third kappa shape index (κ3) is 8.50. The van der Waals surface area contributed by atoms with E-state index in [1.165, 1.54) is 90.4 Å². The molecule has 2 aliphatic heterocycles. The van der Waals surface area contributed by atoms with Crippen molar-refractivity contribution in [2.24, 2.45) is 29.1 Å². The fourth-order valence-electron chi connectivity index (χ4n) is 7.60. The van der Waals surface area contributed by atoms with E-state index in [2.05, 4.69) is 49.7 Å². The molecule has 0 aromatic heterocycles. The average Bonchev–Trinajstić information content (AvgIpc) is 3.40. The zero-order valence-corrected chi connectivity index (χ0v) is 23.3. The Morgan fingerprint density at radius 3 is 1.36 bits per heavy atom. The third-order valence-electron chi connectivity index (χ3n) is 9.99. The molecule has 4 unspecified atom stereocenters. The third-order valence-corrected chi connectivity index (χ3v) is 9.99. The van der Waals surface area contributed by atoms with Gasteiger partial charge in [-0.15, -0.1) is 0 Å². The Hall–Kier alpha value is -0.120. The summed E-state index contributed by atoms with van der Waals surface area (Å²) in [5, 5.41) is 0. The van der Waals surface area contributed by atoms with E-state index >= 15 is 0 Å². The number of fused-ring (bicyclic) bond motifs is 2. The van der Waals surface area contributed by atoms with Crippen LogP contribution in [0.25, 0.3) is 0 Å². The molecule has 0 bridgehead atoms. The molecule has 0 N–H and O–H groups in total. The lowest BCUT2D eigenvalue weighted by Crippen LogP contribution is -2.57. The van der Waals surface area contributed by atoms with E-state index in [0.717, 1.165) is 42.2 Å². The van der Waals surface area contributed by atoms with Crippen LogP contribution in [0.1, 0.15) is 104 Å². The highest BCUT2D eigenvalue weighted by Crippen LogP contribution is 2.49. The first-order valence-electron chi connectivity index (χ1n) is 15.0. The van der Waals surface area contributed by atoms with E-state index in [9.17, 15) is 0 Å². The Kier molecular flexibility index (Phi) is 11.5. The van der Waals surface area contributed by atoms with Crippen molar-refractivity contribution in [1.82, 2.24) is 14.7 Å². The van der Waals surface area contributed by atoms with Crippen LogP contribution in [-0.4, -0.2) is 75.1 Å². The minimum atomic E-state index is 0.842. The van der Waals surface area contributed by atoms with Gasteiger partial charge in [0.15, 0.2) is 0 Å². The van der Waals surface area contributed by atoms with Crippen LogP contribution in [0.3, 0.4) is 0 Å². The SMILES string of the molecule is C1CCCCC1.CCN(C)CC.CN1CC2(CCC2)C1.CN1CC2CC3CCCC3CC2C1. The Labute approximate surface area is 208 Å². The maximum atomic E-state index is 2.55. The van der Waals surface area contributed by atoms with Gasteiger partial charge >= 0.3 is 0 Å². The van der Waals surface area contributed by atoms with E-state index in [-0.39, 0.29) is 0 Å². The molecule has 6 fully saturated rings. The second-order valence-electron chi connectivity index (χ2n) is 12.8. The molecule has 0 radical (unpaired) electrons. The molecule has 4 saturated carbocycles. The molecular formula is C30H59N3. The molecular weight excluding hydrogens is 402 g/mol. The van der Waals surface area contributed by atoms with E-state index in [1.54, 1.807) is 25.7 Å². The van der Waals surface area contributed by atoms with Gasteiger partial charge in [-0.1, -0.05) is 78.1 Å². The van der Waals surface area contributed by atoms with Gasteiger partial charge in [0.25, 0.3) is 0 Å². The highest BCUT2D eigenvalue weighted by atomic mass is 15.2. The molecule has 4 atom stereocenters. The van der Waals surface area contributed by atoms with Crippen LogP contribution in [0.2, 0.25) is 0 Å². The molecule has 6 rings (SSSR count). The van der Waals surface area contributed by atoms with Crippen LogP contribution in [-0.2, 0) is 0 Å². The van der Waals surface area contributed by atoms with Crippen molar-refractivity contribution in [3.8, 4) is 0 Å². The monoisotopic (exact) mass is 461 g/mol. The van der Waals surface area contributed by atoms with Crippen molar-refractivity contribution in [3.05, 3.63) is 0 Å². The second-order valence-corrected chi connectivity index (χ2v) is 12.8. The molecule has 4 aliphatic carbocycles. The summed E-state index contributed by atoms with van der Waals surface area (Å²) in [5.41, 5.74) is 0.842. The largest absolute Gasteiger partial charge is 0.307 e. The molecule has 33 heavy (non-hydrogen) atoms. The van der Waals surface area contributed by atoms with Crippen LogP contribution >= 0.6 is 0 Å². The molecule has 6 aliphatic rings. The lowest BCUT2D eigenvalue weighted by atomic mass is 9.64. The van der Waals surface area contributed by atoms with Gasteiger partial charge in [-0.05, 0) is 89.0 Å². The van der Waals surface area contributed by atoms with E-state index < -0.39 is 0 Å². The van der Waals surface area contributed by atoms with E-state index in [0.29, 0.717) is 0 Å². The van der Waals surface area contributed by atoms with Crippen molar-refractivity contribution in [2.45, 2.75) is 104 Å². The van der Waals surface area contributed by atoms with Gasteiger partial charge in [0.1, 0.15) is 0 Å². The molecule has 2 saturated heterocycles. The minimum Gasteiger partial charge on any atom is -0.307 e. The van der Waals surface area contributed by atoms with Gasteiger partial charge in [-0.2, -0.15) is 0 Å². The highest BCUT2D eigenvalue weighted by molar-refractivity contribution is 4.99. The Morgan fingerprint density at radius 1 is 0.636 bits per heavy atom. The molecule has 3 nitrogen and oxygen atoms in total. The second kappa shape index (κ2) is 13.8. The summed E-state index contributed by atoms with van der Waals surface area (Å²) in [5.74, 6) is 4.41. The maximum absolute atomic E-state index is 2.55. The van der Waals surface area contributed by atoms with Crippen molar-refractivity contribution < 1.29 is 0 Å². The summed E-state index contributed by atoms with van der Waals surface area (Å²) in [7, 11) is 6.62. The van der Waals surface area contributed by atoms with Crippen molar-refractivity contribution in [1.29, 1.82) is 0 Å². The standard InChI is InChI=1S/C12H21N.C7H13N.C6H12.C5H13N/c1-13-7-11-5-9-3-2-4-10(9)6-12(11)8-13;1-8-5-7(6-8)3-2-4-7;1-2-4-6-5-3-1;1-4-6(3)5-2/h9-12H,2-8H2,1H3;2-6H2,1H3;1-6H2;4-5H2,1-3H3. The fourth-order valence-corrected chi connectivity index (χ4v) is 7.60. The fraction of sp³-hybridized carbons (Fsp3) is 1.00. The van der Waals surface area contributed by atoms with Gasteiger partial charge in [-0.3, -0.25) is 0 Å². The number of hydrogen-bond acceptors (Lipinski definition) is 3. The molecule has 2 heterocycles. The Bertz CT molecular complexity index is 483. The lowest BCUT2D eigenvalue weighted by molar-refractivity contribution is -0.0436. The highest BCUT2D eigenvalue weighted by Gasteiger charge is 2.45. The summed E-state index contributed by atoms with van der Waals surface area (Å²) in [6, 6.07) is 0. The number of nitrogens with zero attached hydrogens (tertiary/aromatic N) is 3. The summed E-state index contributed by atoms with van der Waals surface area (Å²) in [6.07, 6.45) is 21.3. The van der Waals surface area contributed by atoms with Gasteiger partial charge in [0.05, 0.1) is 0 Å². The number of rotatable bonds is 2. The Balaban J connectivity index is 0.000000133. The molecule has 0 amide bonds. The number of hydrogen-bond donors (Lipinski definition) is 0. The zero-order chi connectivity index (χ0) is 23.7. The topological polar surface area (TPSA) is 9.72 Å². The predicted molar refractivity (Wildman–Crippen MR) is 145 cm³/mol. The minimum absolute atomic E-state index is 0.842. The van der Waals surface area contributed by atoms with Crippen LogP contribution in [0.15, 0.2) is 0 Å². The molecule has 1 spiro atoms. The molecule has 0 aromatic carbocycles. The summed E-state index contributed by atoms with van der Waals surface area (Å²) >= 11 is 0. The van der Waals surface area contributed by atoms with Crippen LogP contribution in [0.5, 0.6) is 0 Å². The predicted octanol–water partition coefficient (Wildman–Crippen LogP) is 6.78. The summed E-state index contributed by atoms with van der Waals surface area (Å²) in [6.45, 7) is 12.2.